The van der Waals surface area contributed by atoms with Gasteiger partial charge in [-0.05, 0) is 66.1 Å². The first-order chi connectivity index (χ1) is 17.8. The largest absolute Gasteiger partial charge is 0.489 e. The molecule has 192 valence electrons. The van der Waals surface area contributed by atoms with Crippen molar-refractivity contribution in [2.75, 3.05) is 6.61 Å². The summed E-state index contributed by atoms with van der Waals surface area (Å²) >= 11 is 0. The molecule has 0 saturated carbocycles. The molecule has 3 heterocycles. The molecule has 0 fully saturated rings. The lowest BCUT2D eigenvalue weighted by molar-refractivity contribution is -0.389. The molecule has 0 amide bonds. The Kier molecular flexibility index (Phi) is 6.56. The van der Waals surface area contributed by atoms with E-state index < -0.39 is 10.5 Å². The zero-order valence-corrected chi connectivity index (χ0v) is 20.9. The normalized spacial score (nSPS) is 17.2. The smallest absolute Gasteiger partial charge is 0.415 e. The highest BCUT2D eigenvalue weighted by atomic mass is 16.6. The fourth-order valence-electron chi connectivity index (χ4n) is 4.11. The van der Waals surface area contributed by atoms with E-state index in [9.17, 15) is 10.1 Å². The number of imidazole rings is 1. The van der Waals surface area contributed by atoms with Crippen molar-refractivity contribution in [2.24, 2.45) is 0 Å². The molecular formula is C27H28N4O6. The van der Waals surface area contributed by atoms with Gasteiger partial charge in [0, 0.05) is 16.6 Å². The Balaban J connectivity index is 1.13. The number of hydrogen-bond acceptors (Lipinski definition) is 8. The number of ether oxygens (including phenoxy) is 3. The highest BCUT2D eigenvalue weighted by Gasteiger charge is 2.41. The molecule has 0 aliphatic carbocycles. The van der Waals surface area contributed by atoms with Gasteiger partial charge in [0.1, 0.15) is 36.6 Å². The molecule has 2 aromatic carbocycles. The first kappa shape index (κ1) is 24.4. The van der Waals surface area contributed by atoms with Crippen LogP contribution in [0.1, 0.15) is 44.4 Å². The van der Waals surface area contributed by atoms with Crippen LogP contribution in [0.3, 0.4) is 0 Å². The van der Waals surface area contributed by atoms with Gasteiger partial charge in [0.25, 0.3) is 0 Å². The van der Waals surface area contributed by atoms with Gasteiger partial charge in [0.2, 0.25) is 0 Å². The van der Waals surface area contributed by atoms with Crippen LogP contribution in [0.15, 0.2) is 65.3 Å². The van der Waals surface area contributed by atoms with E-state index in [1.165, 1.54) is 11.8 Å². The van der Waals surface area contributed by atoms with Gasteiger partial charge in [-0.25, -0.2) is 0 Å². The lowest BCUT2D eigenvalue weighted by Gasteiger charge is -2.22. The summed E-state index contributed by atoms with van der Waals surface area (Å²) in [4.78, 5) is 14.2. The van der Waals surface area contributed by atoms with E-state index in [-0.39, 0.29) is 25.0 Å². The molecule has 1 aliphatic heterocycles. The number of fused-ring (bicyclic) bond motifs is 1. The minimum absolute atomic E-state index is 0.224. The van der Waals surface area contributed by atoms with Crippen molar-refractivity contribution in [2.45, 2.75) is 51.9 Å². The Morgan fingerprint density at radius 2 is 1.84 bits per heavy atom. The van der Waals surface area contributed by atoms with Gasteiger partial charge in [0.15, 0.2) is 11.4 Å². The number of benzene rings is 2. The molecule has 2 aromatic heterocycles. The fourth-order valence-corrected chi connectivity index (χ4v) is 4.11. The van der Waals surface area contributed by atoms with Gasteiger partial charge in [-0.15, -0.1) is 0 Å². The Hall–Kier alpha value is -4.34. The molecule has 5 rings (SSSR count). The van der Waals surface area contributed by atoms with Crippen LogP contribution in [-0.2, 0) is 13.2 Å². The quantitative estimate of drug-likeness (QED) is 0.197. The summed E-state index contributed by atoms with van der Waals surface area (Å²) in [6.07, 6.45) is 2.47. The molecule has 0 spiro atoms. The van der Waals surface area contributed by atoms with Crippen LogP contribution >= 0.6 is 0 Å². The minimum Gasteiger partial charge on any atom is -0.489 e. The van der Waals surface area contributed by atoms with Crippen LogP contribution in [-0.4, -0.2) is 31.8 Å². The average Bonchev–Trinajstić information content (AvgIpc) is 3.60. The van der Waals surface area contributed by atoms with Crippen molar-refractivity contribution in [3.8, 4) is 28.8 Å². The van der Waals surface area contributed by atoms with Gasteiger partial charge in [-0.2, -0.15) is 0 Å². The molecule has 1 aliphatic rings. The second-order valence-corrected chi connectivity index (χ2v) is 9.48. The van der Waals surface area contributed by atoms with Gasteiger partial charge in [0.05, 0.1) is 6.54 Å². The second-order valence-electron chi connectivity index (χ2n) is 9.48. The van der Waals surface area contributed by atoms with E-state index in [0.717, 1.165) is 17.7 Å². The molecule has 0 bridgehead atoms. The third kappa shape index (κ3) is 5.42. The number of aromatic nitrogens is 3. The molecular weight excluding hydrogens is 476 g/mol. The fraction of sp³-hybridized carbons (Fsp3) is 0.333. The predicted octanol–water partition coefficient (Wildman–Crippen LogP) is 5.77. The van der Waals surface area contributed by atoms with Crippen LogP contribution < -0.4 is 14.2 Å². The van der Waals surface area contributed by atoms with Crippen LogP contribution in [0.5, 0.6) is 17.5 Å². The summed E-state index contributed by atoms with van der Waals surface area (Å²) in [5, 5.41) is 15.0. The highest BCUT2D eigenvalue weighted by molar-refractivity contribution is 5.59. The summed E-state index contributed by atoms with van der Waals surface area (Å²) in [7, 11) is 0. The maximum Gasteiger partial charge on any atom is 0.415 e. The van der Waals surface area contributed by atoms with Gasteiger partial charge < -0.3 is 28.8 Å². The molecule has 0 saturated heterocycles. The lowest BCUT2D eigenvalue weighted by Crippen LogP contribution is -2.38. The first-order valence-corrected chi connectivity index (χ1v) is 12.1. The monoisotopic (exact) mass is 504 g/mol. The summed E-state index contributed by atoms with van der Waals surface area (Å²) in [6.45, 7) is 7.22. The van der Waals surface area contributed by atoms with E-state index in [1.807, 2.05) is 49.4 Å². The third-order valence-corrected chi connectivity index (χ3v) is 6.45. The van der Waals surface area contributed by atoms with Crippen LogP contribution in [0.25, 0.3) is 11.3 Å². The molecule has 10 nitrogen and oxygen atoms in total. The topological polar surface area (TPSA) is 115 Å². The van der Waals surface area contributed by atoms with Crippen LogP contribution in [0, 0.1) is 10.1 Å². The number of hydrogen-bond donors (Lipinski definition) is 0. The van der Waals surface area contributed by atoms with Crippen molar-refractivity contribution in [1.29, 1.82) is 0 Å². The molecule has 0 radical (unpaired) electrons. The Morgan fingerprint density at radius 1 is 1.14 bits per heavy atom. The number of nitro groups is 1. The van der Waals surface area contributed by atoms with Gasteiger partial charge >= 0.3 is 11.8 Å². The van der Waals surface area contributed by atoms with E-state index >= 15 is 0 Å². The first-order valence-electron chi connectivity index (χ1n) is 12.1. The van der Waals surface area contributed by atoms with Gasteiger partial charge in [-0.1, -0.05) is 31.1 Å². The van der Waals surface area contributed by atoms with Crippen LogP contribution in [0.2, 0.25) is 0 Å². The maximum absolute atomic E-state index is 10.9. The highest BCUT2D eigenvalue weighted by Crippen LogP contribution is 2.32. The van der Waals surface area contributed by atoms with Crippen molar-refractivity contribution in [1.82, 2.24) is 14.7 Å². The Bertz CT molecular complexity index is 1350. The predicted molar refractivity (Wildman–Crippen MR) is 135 cm³/mol. The maximum atomic E-state index is 10.9. The molecule has 1 unspecified atom stereocenters. The van der Waals surface area contributed by atoms with E-state index in [1.54, 1.807) is 4.57 Å². The summed E-state index contributed by atoms with van der Waals surface area (Å²) in [5.74, 6) is 2.38. The number of nitrogens with zero attached hydrogens (tertiary/aromatic N) is 4. The van der Waals surface area contributed by atoms with Gasteiger partial charge in [-0.3, -0.25) is 4.57 Å². The minimum atomic E-state index is -0.675. The Labute approximate surface area is 213 Å². The SMILES string of the molecule is CCC(C)c1ccc(OCc2cc(-c3ccc(OC[C@@]4(C)Cn5cc([N+](=O)[O-])nc5O4)cc3)no2)cc1. The Morgan fingerprint density at radius 3 is 2.51 bits per heavy atom. The lowest BCUT2D eigenvalue weighted by atomic mass is 9.99. The van der Waals surface area contributed by atoms with Crippen molar-refractivity contribution in [3.63, 3.8) is 0 Å². The van der Waals surface area contributed by atoms with E-state index in [0.29, 0.717) is 29.7 Å². The van der Waals surface area contributed by atoms with Crippen molar-refractivity contribution < 1.29 is 23.7 Å². The standard InChI is InChI=1S/C27H28N4O6/c1-4-18(2)19-5-9-21(10-6-19)34-15-23-13-24(29-37-23)20-7-11-22(12-8-20)35-17-27(3)16-30-14-25(31(32)33)28-26(30)36-27/h5-14,18H,4,15-17H2,1-3H3/t18?,27-/m1/s1. The summed E-state index contributed by atoms with van der Waals surface area (Å²) in [6, 6.07) is 17.7. The van der Waals surface area contributed by atoms with Crippen LogP contribution in [0.4, 0.5) is 5.82 Å². The third-order valence-electron chi connectivity index (χ3n) is 6.45. The van der Waals surface area contributed by atoms with E-state index in [4.69, 9.17) is 18.7 Å². The zero-order valence-electron chi connectivity index (χ0n) is 20.9. The van der Waals surface area contributed by atoms with Crippen molar-refractivity contribution in [3.05, 3.63) is 82.2 Å². The zero-order chi connectivity index (χ0) is 26.0. The summed E-state index contributed by atoms with van der Waals surface area (Å²) < 4.78 is 24.7. The average molecular weight is 505 g/mol. The van der Waals surface area contributed by atoms with E-state index in [2.05, 4.69) is 36.1 Å². The molecule has 0 N–H and O–H groups in total. The number of rotatable bonds is 10. The van der Waals surface area contributed by atoms with Crippen molar-refractivity contribution >= 4 is 5.82 Å². The molecule has 37 heavy (non-hydrogen) atoms. The second kappa shape index (κ2) is 9.96. The molecule has 2 atom stereocenters. The molecule has 4 aromatic rings. The molecule has 10 heteroatoms. The summed E-state index contributed by atoms with van der Waals surface area (Å²) in [5.41, 5.74) is 2.21.